The van der Waals surface area contributed by atoms with Gasteiger partial charge in [-0.15, -0.1) is 0 Å². The van der Waals surface area contributed by atoms with Crippen LogP contribution in [0, 0.1) is 11.3 Å². The van der Waals surface area contributed by atoms with Gasteiger partial charge in [-0.1, -0.05) is 19.0 Å². The third-order valence-corrected chi connectivity index (χ3v) is 3.63. The number of carbonyl (C=O) groups excluding carboxylic acids is 1. The van der Waals surface area contributed by atoms with Crippen LogP contribution in [0.2, 0.25) is 0 Å². The minimum Gasteiger partial charge on any atom is -0.409 e. The molecule has 2 aliphatic rings. The molecule has 0 aromatic rings. The van der Waals surface area contributed by atoms with Gasteiger partial charge in [-0.2, -0.15) is 0 Å². The highest BCUT2D eigenvalue weighted by molar-refractivity contribution is 5.87. The summed E-state index contributed by atoms with van der Waals surface area (Å²) < 4.78 is 5.35. The number of oxime groups is 1. The number of rotatable bonds is 2. The smallest absolute Gasteiger partial charge is 0.226 e. The number of nitrogens with two attached hydrogens (primary N) is 1. The largest absolute Gasteiger partial charge is 0.409 e. The molecule has 1 amide bonds. The maximum atomic E-state index is 12.2. The van der Waals surface area contributed by atoms with E-state index in [0.717, 1.165) is 6.42 Å². The van der Waals surface area contributed by atoms with E-state index in [4.69, 9.17) is 15.7 Å². The van der Waals surface area contributed by atoms with E-state index in [1.165, 1.54) is 0 Å². The number of hydrogen-bond donors (Lipinski definition) is 2. The Labute approximate surface area is 100 Å². The molecule has 3 N–H and O–H groups in total. The standard InChI is InChI=1S/C11H19N3O3/c1-11(2)5-7(11)10(15)14-3-4-17-8(6-14)9(12)13-16/h7-8,16H,3-6H2,1-2H3,(H2,12,13). The van der Waals surface area contributed by atoms with Crippen molar-refractivity contribution in [2.45, 2.75) is 26.4 Å². The van der Waals surface area contributed by atoms with E-state index in [1.54, 1.807) is 4.90 Å². The maximum Gasteiger partial charge on any atom is 0.226 e. The van der Waals surface area contributed by atoms with Crippen LogP contribution in [0.5, 0.6) is 0 Å². The number of nitrogens with zero attached hydrogens (tertiary/aromatic N) is 2. The molecule has 96 valence electrons. The first kappa shape index (κ1) is 12.2. The van der Waals surface area contributed by atoms with Gasteiger partial charge in [0.25, 0.3) is 0 Å². The number of amidine groups is 1. The number of hydrogen-bond acceptors (Lipinski definition) is 4. The first-order chi connectivity index (χ1) is 7.95. The lowest BCUT2D eigenvalue weighted by atomic mass is 10.1. The van der Waals surface area contributed by atoms with Crippen LogP contribution in [-0.2, 0) is 9.53 Å². The van der Waals surface area contributed by atoms with Crippen LogP contribution < -0.4 is 5.73 Å². The predicted molar refractivity (Wildman–Crippen MR) is 61.6 cm³/mol. The van der Waals surface area contributed by atoms with E-state index in [0.29, 0.717) is 19.7 Å². The van der Waals surface area contributed by atoms with Crippen LogP contribution in [0.25, 0.3) is 0 Å². The number of carbonyl (C=O) groups is 1. The monoisotopic (exact) mass is 241 g/mol. The topological polar surface area (TPSA) is 88.2 Å². The molecule has 6 heteroatoms. The first-order valence-electron chi connectivity index (χ1n) is 5.83. The van der Waals surface area contributed by atoms with Crippen LogP contribution in [-0.4, -0.2) is 47.7 Å². The summed E-state index contributed by atoms with van der Waals surface area (Å²) >= 11 is 0. The molecule has 0 bridgehead atoms. The lowest BCUT2D eigenvalue weighted by molar-refractivity contribution is -0.138. The Hall–Kier alpha value is -1.30. The first-order valence-corrected chi connectivity index (χ1v) is 5.83. The molecule has 1 heterocycles. The summed E-state index contributed by atoms with van der Waals surface area (Å²) in [7, 11) is 0. The maximum absolute atomic E-state index is 12.2. The summed E-state index contributed by atoms with van der Waals surface area (Å²) in [6, 6.07) is 0. The highest BCUT2D eigenvalue weighted by atomic mass is 16.5. The second kappa shape index (κ2) is 4.18. The number of amides is 1. The predicted octanol–water partition coefficient (Wildman–Crippen LogP) is 0.00630. The van der Waals surface area contributed by atoms with Crippen molar-refractivity contribution < 1.29 is 14.7 Å². The fourth-order valence-corrected chi connectivity index (χ4v) is 2.20. The molecular formula is C11H19N3O3. The van der Waals surface area contributed by atoms with Crippen molar-refractivity contribution in [2.24, 2.45) is 22.2 Å². The van der Waals surface area contributed by atoms with Crippen LogP contribution in [0.3, 0.4) is 0 Å². The van der Waals surface area contributed by atoms with Crippen LogP contribution in [0.4, 0.5) is 0 Å². The van der Waals surface area contributed by atoms with Gasteiger partial charge in [0.1, 0.15) is 6.10 Å². The molecule has 0 spiro atoms. The van der Waals surface area contributed by atoms with Crippen LogP contribution in [0.15, 0.2) is 5.16 Å². The van der Waals surface area contributed by atoms with Gasteiger partial charge in [-0.3, -0.25) is 4.79 Å². The fourth-order valence-electron chi connectivity index (χ4n) is 2.20. The van der Waals surface area contributed by atoms with Gasteiger partial charge in [0.05, 0.1) is 13.2 Å². The summed E-state index contributed by atoms with van der Waals surface area (Å²) in [6.45, 7) is 5.58. The molecule has 2 rings (SSSR count). The van der Waals surface area contributed by atoms with Crippen molar-refractivity contribution in [1.82, 2.24) is 4.90 Å². The average Bonchev–Trinajstić information content (AvgIpc) is 2.96. The van der Waals surface area contributed by atoms with E-state index >= 15 is 0 Å². The zero-order chi connectivity index (χ0) is 12.6. The van der Waals surface area contributed by atoms with E-state index in [2.05, 4.69) is 19.0 Å². The Balaban J connectivity index is 1.96. The molecule has 1 saturated heterocycles. The number of morpholine rings is 1. The van der Waals surface area contributed by atoms with Gasteiger partial charge >= 0.3 is 0 Å². The second-order valence-electron chi connectivity index (χ2n) is 5.41. The molecule has 0 aromatic carbocycles. The summed E-state index contributed by atoms with van der Waals surface area (Å²) in [6.07, 6.45) is 0.455. The average molecular weight is 241 g/mol. The number of ether oxygens (including phenoxy) is 1. The van der Waals surface area contributed by atoms with E-state index in [1.807, 2.05) is 0 Å². The highest BCUT2D eigenvalue weighted by Crippen LogP contribution is 2.52. The molecule has 6 nitrogen and oxygen atoms in total. The van der Waals surface area contributed by atoms with E-state index in [9.17, 15) is 4.79 Å². The highest BCUT2D eigenvalue weighted by Gasteiger charge is 2.52. The minimum absolute atomic E-state index is 0.0255. The van der Waals surface area contributed by atoms with Crippen LogP contribution in [0.1, 0.15) is 20.3 Å². The summed E-state index contributed by atoms with van der Waals surface area (Å²) in [5, 5.41) is 11.5. The Bertz CT molecular complexity index is 354. The fraction of sp³-hybridized carbons (Fsp3) is 0.818. The van der Waals surface area contributed by atoms with Gasteiger partial charge in [0.15, 0.2) is 5.84 Å². The molecule has 17 heavy (non-hydrogen) atoms. The summed E-state index contributed by atoms with van der Waals surface area (Å²) in [4.78, 5) is 13.9. The van der Waals surface area contributed by atoms with Crippen molar-refractivity contribution in [2.75, 3.05) is 19.7 Å². The van der Waals surface area contributed by atoms with Crippen molar-refractivity contribution in [3.8, 4) is 0 Å². The molecule has 0 aromatic heterocycles. The Morgan fingerprint density at radius 2 is 2.24 bits per heavy atom. The lowest BCUT2D eigenvalue weighted by Crippen LogP contribution is -2.51. The normalized spacial score (nSPS) is 32.4. The van der Waals surface area contributed by atoms with Gasteiger partial charge in [-0.05, 0) is 11.8 Å². The Kier molecular flexibility index (Phi) is 2.99. The third kappa shape index (κ3) is 2.36. The molecule has 2 unspecified atom stereocenters. The molecule has 1 aliphatic heterocycles. The molecular weight excluding hydrogens is 222 g/mol. The zero-order valence-corrected chi connectivity index (χ0v) is 10.2. The lowest BCUT2D eigenvalue weighted by Gasteiger charge is -2.32. The minimum atomic E-state index is -0.487. The SMILES string of the molecule is CC1(C)CC1C(=O)N1CCOC(C(N)=NO)C1. The van der Waals surface area contributed by atoms with Crippen molar-refractivity contribution in [3.63, 3.8) is 0 Å². The Morgan fingerprint density at radius 3 is 2.76 bits per heavy atom. The Morgan fingerprint density at radius 1 is 1.59 bits per heavy atom. The van der Waals surface area contributed by atoms with Gasteiger partial charge in [0.2, 0.25) is 5.91 Å². The van der Waals surface area contributed by atoms with E-state index in [-0.39, 0.29) is 23.1 Å². The van der Waals surface area contributed by atoms with Gasteiger partial charge in [-0.25, -0.2) is 0 Å². The molecule has 2 atom stereocenters. The second-order valence-corrected chi connectivity index (χ2v) is 5.41. The van der Waals surface area contributed by atoms with Gasteiger partial charge in [0, 0.05) is 12.5 Å². The van der Waals surface area contributed by atoms with E-state index < -0.39 is 6.10 Å². The summed E-state index contributed by atoms with van der Waals surface area (Å²) in [5.41, 5.74) is 5.62. The van der Waals surface area contributed by atoms with Gasteiger partial charge < -0.3 is 20.6 Å². The molecule has 0 radical (unpaired) electrons. The molecule has 1 aliphatic carbocycles. The van der Waals surface area contributed by atoms with Crippen molar-refractivity contribution >= 4 is 11.7 Å². The summed E-state index contributed by atoms with van der Waals surface area (Å²) in [5.74, 6) is 0.306. The van der Waals surface area contributed by atoms with Crippen molar-refractivity contribution in [1.29, 1.82) is 0 Å². The van der Waals surface area contributed by atoms with Crippen LogP contribution >= 0.6 is 0 Å². The molecule has 2 fully saturated rings. The van der Waals surface area contributed by atoms with Crippen molar-refractivity contribution in [3.05, 3.63) is 0 Å². The third-order valence-electron chi connectivity index (χ3n) is 3.63. The molecule has 1 saturated carbocycles. The zero-order valence-electron chi connectivity index (χ0n) is 10.2. The quantitative estimate of drug-likeness (QED) is 0.308.